The van der Waals surface area contributed by atoms with Crippen molar-refractivity contribution in [3.63, 3.8) is 0 Å². The Labute approximate surface area is 146 Å². The summed E-state index contributed by atoms with van der Waals surface area (Å²) in [6.07, 6.45) is 3.62. The number of ketones is 1. The van der Waals surface area contributed by atoms with Gasteiger partial charge in [-0.05, 0) is 48.9 Å². The molecule has 0 unspecified atom stereocenters. The van der Waals surface area contributed by atoms with Crippen molar-refractivity contribution in [2.45, 2.75) is 46.5 Å². The summed E-state index contributed by atoms with van der Waals surface area (Å²) in [6.45, 7) is 5.85. The molecule has 0 radical (unpaired) electrons. The van der Waals surface area contributed by atoms with E-state index in [-0.39, 0.29) is 11.7 Å². The molecule has 2 aromatic carbocycles. The molecule has 0 aliphatic carbocycles. The van der Waals surface area contributed by atoms with Crippen molar-refractivity contribution in [1.29, 1.82) is 0 Å². The summed E-state index contributed by atoms with van der Waals surface area (Å²) in [4.78, 5) is 11.4. The van der Waals surface area contributed by atoms with Crippen LogP contribution in [0.4, 0.5) is 0 Å². The summed E-state index contributed by atoms with van der Waals surface area (Å²) >= 11 is 0. The Kier molecular flexibility index (Phi) is 6.82. The molecule has 0 heterocycles. The third-order valence-corrected chi connectivity index (χ3v) is 4.47. The first-order valence-corrected chi connectivity index (χ1v) is 8.75. The molecule has 0 amide bonds. The Bertz CT molecular complexity index is 732. The van der Waals surface area contributed by atoms with Crippen LogP contribution >= 0.6 is 0 Å². The van der Waals surface area contributed by atoms with Gasteiger partial charge in [-0.1, -0.05) is 68.2 Å². The second kappa shape index (κ2) is 9.08. The molecular formula is C23H26O. The first-order valence-electron chi connectivity index (χ1n) is 8.75. The predicted octanol–water partition coefficient (Wildman–Crippen LogP) is 5.00. The molecule has 1 heteroatoms. The van der Waals surface area contributed by atoms with E-state index < -0.39 is 0 Å². The van der Waals surface area contributed by atoms with Gasteiger partial charge < -0.3 is 0 Å². The molecule has 2 aromatic rings. The van der Waals surface area contributed by atoms with Crippen molar-refractivity contribution < 1.29 is 4.79 Å². The van der Waals surface area contributed by atoms with Gasteiger partial charge in [-0.3, -0.25) is 4.79 Å². The average molecular weight is 318 g/mol. The third kappa shape index (κ3) is 5.39. The largest absolute Gasteiger partial charge is 0.300 e. The molecule has 0 aliphatic rings. The van der Waals surface area contributed by atoms with Crippen LogP contribution in [0, 0.1) is 17.8 Å². The second-order valence-electron chi connectivity index (χ2n) is 6.36. The van der Waals surface area contributed by atoms with Crippen LogP contribution in [0.15, 0.2) is 48.5 Å². The van der Waals surface area contributed by atoms with Crippen LogP contribution < -0.4 is 0 Å². The molecule has 0 bridgehead atoms. The zero-order valence-corrected chi connectivity index (χ0v) is 14.9. The van der Waals surface area contributed by atoms with Gasteiger partial charge in [0.05, 0.1) is 0 Å². The summed E-state index contributed by atoms with van der Waals surface area (Å²) in [5.74, 6) is 7.01. The van der Waals surface area contributed by atoms with Crippen LogP contribution in [0.25, 0.3) is 0 Å². The lowest BCUT2D eigenvalue weighted by Gasteiger charge is -2.09. The Morgan fingerprint density at radius 3 is 2.50 bits per heavy atom. The van der Waals surface area contributed by atoms with Crippen molar-refractivity contribution in [2.75, 3.05) is 0 Å². The maximum atomic E-state index is 11.4. The number of hydrogen-bond acceptors (Lipinski definition) is 1. The molecule has 0 aliphatic heterocycles. The van der Waals surface area contributed by atoms with Crippen molar-refractivity contribution in [1.82, 2.24) is 0 Å². The maximum absolute atomic E-state index is 11.4. The van der Waals surface area contributed by atoms with E-state index in [1.807, 2.05) is 25.1 Å². The Hall–Kier alpha value is -2.33. The van der Waals surface area contributed by atoms with Crippen molar-refractivity contribution in [3.8, 4) is 11.8 Å². The van der Waals surface area contributed by atoms with Gasteiger partial charge in [0.1, 0.15) is 5.78 Å². The third-order valence-electron chi connectivity index (χ3n) is 4.47. The van der Waals surface area contributed by atoms with Gasteiger partial charge in [0, 0.05) is 17.9 Å². The van der Waals surface area contributed by atoms with E-state index in [1.54, 1.807) is 6.92 Å². The van der Waals surface area contributed by atoms with E-state index in [4.69, 9.17) is 0 Å². The van der Waals surface area contributed by atoms with Crippen LogP contribution in [0.3, 0.4) is 0 Å². The fourth-order valence-electron chi connectivity index (χ4n) is 2.64. The van der Waals surface area contributed by atoms with E-state index >= 15 is 0 Å². The zero-order valence-electron chi connectivity index (χ0n) is 14.9. The number of Topliss-reactive ketones (excluding diaryl/α,β-unsaturated/α-hetero) is 1. The van der Waals surface area contributed by atoms with Crippen molar-refractivity contribution in [3.05, 3.63) is 70.8 Å². The monoisotopic (exact) mass is 318 g/mol. The van der Waals surface area contributed by atoms with Crippen LogP contribution in [0.2, 0.25) is 0 Å². The van der Waals surface area contributed by atoms with Gasteiger partial charge in [-0.2, -0.15) is 0 Å². The molecule has 0 saturated heterocycles. The topological polar surface area (TPSA) is 17.1 Å². The number of carbonyl (C=O) groups excluding carboxylic acids is 1. The molecule has 0 fully saturated rings. The molecule has 1 nitrogen and oxygen atoms in total. The van der Waals surface area contributed by atoms with E-state index in [2.05, 4.69) is 49.1 Å². The maximum Gasteiger partial charge on any atom is 0.132 e. The second-order valence-corrected chi connectivity index (χ2v) is 6.36. The normalized spacial score (nSPS) is 11.5. The van der Waals surface area contributed by atoms with Crippen LogP contribution in [-0.2, 0) is 24.1 Å². The molecule has 124 valence electrons. The SMILES string of the molecule is CCc1cc(CC[C@@H](C)C(C)=O)ccc1C#CCc1ccccc1. The minimum atomic E-state index is 0.139. The van der Waals surface area contributed by atoms with Gasteiger partial charge in [-0.25, -0.2) is 0 Å². The standard InChI is InChI=1S/C23H26O/c1-4-22-17-21(14-13-18(2)19(3)24)15-16-23(22)12-8-11-20-9-6-5-7-10-20/h5-7,9-10,15-18H,4,11,13-14H2,1-3H3/t18-/m1/s1. The minimum Gasteiger partial charge on any atom is -0.300 e. The average Bonchev–Trinajstić information content (AvgIpc) is 2.61. The number of carbonyl (C=O) groups is 1. The van der Waals surface area contributed by atoms with Gasteiger partial charge in [0.25, 0.3) is 0 Å². The Morgan fingerprint density at radius 1 is 1.08 bits per heavy atom. The molecule has 0 aromatic heterocycles. The van der Waals surface area contributed by atoms with Gasteiger partial charge in [-0.15, -0.1) is 0 Å². The molecule has 0 saturated carbocycles. The Balaban J connectivity index is 2.05. The minimum absolute atomic E-state index is 0.139. The van der Waals surface area contributed by atoms with Gasteiger partial charge in [0.2, 0.25) is 0 Å². The lowest BCUT2D eigenvalue weighted by molar-refractivity contribution is -0.120. The molecule has 0 N–H and O–H groups in total. The quantitative estimate of drug-likeness (QED) is 0.685. The fourth-order valence-corrected chi connectivity index (χ4v) is 2.64. The first-order chi connectivity index (χ1) is 11.6. The highest BCUT2D eigenvalue weighted by atomic mass is 16.1. The highest BCUT2D eigenvalue weighted by Crippen LogP contribution is 2.16. The molecule has 24 heavy (non-hydrogen) atoms. The fraction of sp³-hybridized carbons (Fsp3) is 0.348. The van der Waals surface area contributed by atoms with E-state index in [1.165, 1.54) is 16.7 Å². The Morgan fingerprint density at radius 2 is 1.83 bits per heavy atom. The van der Waals surface area contributed by atoms with E-state index in [0.29, 0.717) is 0 Å². The van der Waals surface area contributed by atoms with Crippen molar-refractivity contribution >= 4 is 5.78 Å². The first kappa shape index (κ1) is 18.0. The van der Waals surface area contributed by atoms with Gasteiger partial charge in [0.15, 0.2) is 0 Å². The zero-order chi connectivity index (χ0) is 17.4. The molecule has 0 spiro atoms. The van der Waals surface area contributed by atoms with Crippen LogP contribution in [-0.4, -0.2) is 5.78 Å². The molecule has 1 atom stereocenters. The lowest BCUT2D eigenvalue weighted by Crippen LogP contribution is -2.07. The number of aryl methyl sites for hydroxylation is 2. The summed E-state index contributed by atoms with van der Waals surface area (Å²) in [5.41, 5.74) is 4.96. The number of benzene rings is 2. The van der Waals surface area contributed by atoms with Crippen LogP contribution in [0.1, 0.15) is 49.4 Å². The van der Waals surface area contributed by atoms with Crippen molar-refractivity contribution in [2.24, 2.45) is 5.92 Å². The highest BCUT2D eigenvalue weighted by molar-refractivity contribution is 5.77. The van der Waals surface area contributed by atoms with Crippen LogP contribution in [0.5, 0.6) is 0 Å². The highest BCUT2D eigenvalue weighted by Gasteiger charge is 2.08. The number of hydrogen-bond donors (Lipinski definition) is 0. The molecular weight excluding hydrogens is 292 g/mol. The predicted molar refractivity (Wildman–Crippen MR) is 101 cm³/mol. The summed E-state index contributed by atoms with van der Waals surface area (Å²) < 4.78 is 0. The van der Waals surface area contributed by atoms with E-state index in [0.717, 1.165) is 31.2 Å². The van der Waals surface area contributed by atoms with E-state index in [9.17, 15) is 4.79 Å². The molecule has 2 rings (SSSR count). The lowest BCUT2D eigenvalue weighted by atomic mass is 9.95. The summed E-state index contributed by atoms with van der Waals surface area (Å²) in [5, 5.41) is 0. The number of rotatable bonds is 6. The summed E-state index contributed by atoms with van der Waals surface area (Å²) in [6, 6.07) is 16.9. The summed E-state index contributed by atoms with van der Waals surface area (Å²) in [7, 11) is 0. The van der Waals surface area contributed by atoms with Gasteiger partial charge >= 0.3 is 0 Å². The smallest absolute Gasteiger partial charge is 0.132 e.